The van der Waals surface area contributed by atoms with Crippen molar-refractivity contribution in [1.82, 2.24) is 9.59 Å². The van der Waals surface area contributed by atoms with Crippen LogP contribution in [0.5, 0.6) is 0 Å². The van der Waals surface area contributed by atoms with Crippen LogP contribution in [0.4, 0.5) is 5.00 Å². The molecule has 1 heterocycles. The molecule has 0 amide bonds. The lowest BCUT2D eigenvalue weighted by Crippen LogP contribution is -2.26. The third kappa shape index (κ3) is 2.71. The van der Waals surface area contributed by atoms with E-state index < -0.39 is 0 Å². The van der Waals surface area contributed by atoms with Gasteiger partial charge in [0, 0.05) is 11.5 Å². The number of ether oxygens (including phenoxy) is 1. The molecule has 0 aliphatic heterocycles. The summed E-state index contributed by atoms with van der Waals surface area (Å²) in [6, 6.07) is 0. The molecule has 1 aliphatic carbocycles. The molecule has 1 aromatic heterocycles. The monoisotopic (exact) mass is 241 g/mol. The second kappa shape index (κ2) is 5.10. The first-order valence-corrected chi connectivity index (χ1v) is 6.62. The molecule has 0 aromatic carbocycles. The first-order chi connectivity index (χ1) is 7.66. The molecule has 1 aliphatic rings. The molecule has 0 bridgehead atoms. The second-order valence-electron chi connectivity index (χ2n) is 4.78. The van der Waals surface area contributed by atoms with Crippen molar-refractivity contribution in [3.8, 4) is 0 Å². The number of hydrogen-bond donors (Lipinski definition) is 1. The fourth-order valence-electron chi connectivity index (χ4n) is 2.16. The van der Waals surface area contributed by atoms with Crippen molar-refractivity contribution in [2.75, 3.05) is 5.73 Å². The molecule has 3 atom stereocenters. The summed E-state index contributed by atoms with van der Waals surface area (Å²) in [4.78, 5) is 0. The Morgan fingerprint density at radius 2 is 2.19 bits per heavy atom. The van der Waals surface area contributed by atoms with E-state index in [0.717, 1.165) is 30.4 Å². The molecule has 1 saturated carbocycles. The lowest BCUT2D eigenvalue weighted by molar-refractivity contribution is -0.00853. The number of nitrogens with zero attached hydrogens (tertiary/aromatic N) is 2. The predicted octanol–water partition coefficient (Wildman–Crippen LogP) is 2.46. The number of nitrogen functional groups attached to an aromatic ring is 1. The van der Waals surface area contributed by atoms with Crippen LogP contribution in [0.25, 0.3) is 0 Å². The van der Waals surface area contributed by atoms with Crippen molar-refractivity contribution in [3.63, 3.8) is 0 Å². The first kappa shape index (κ1) is 11.8. The Balaban J connectivity index is 1.81. The van der Waals surface area contributed by atoms with Crippen LogP contribution in [0.3, 0.4) is 0 Å². The van der Waals surface area contributed by atoms with Gasteiger partial charge in [-0.05, 0) is 31.1 Å². The SMILES string of the molecule is CC1CCC(OCc2nnsc2N)CC1C. The molecule has 2 rings (SSSR count). The molecule has 4 nitrogen and oxygen atoms in total. The van der Waals surface area contributed by atoms with Gasteiger partial charge in [0.1, 0.15) is 10.7 Å². The molecule has 16 heavy (non-hydrogen) atoms. The van der Waals surface area contributed by atoms with Crippen molar-refractivity contribution in [2.45, 2.75) is 45.8 Å². The third-order valence-corrected chi connectivity index (χ3v) is 4.19. The van der Waals surface area contributed by atoms with Gasteiger partial charge in [-0.15, -0.1) is 5.10 Å². The molecule has 90 valence electrons. The average Bonchev–Trinajstić information content (AvgIpc) is 2.66. The molecular formula is C11H19N3OS. The van der Waals surface area contributed by atoms with E-state index in [-0.39, 0.29) is 0 Å². The number of anilines is 1. The summed E-state index contributed by atoms with van der Waals surface area (Å²) in [7, 11) is 0. The minimum absolute atomic E-state index is 0.368. The van der Waals surface area contributed by atoms with E-state index >= 15 is 0 Å². The predicted molar refractivity (Wildman–Crippen MR) is 65.1 cm³/mol. The fraction of sp³-hybridized carbons (Fsp3) is 0.818. The highest BCUT2D eigenvalue weighted by molar-refractivity contribution is 7.09. The maximum absolute atomic E-state index is 5.85. The Kier molecular flexibility index (Phi) is 3.76. The Bertz CT molecular complexity index is 342. The summed E-state index contributed by atoms with van der Waals surface area (Å²) in [6.07, 6.45) is 3.94. The van der Waals surface area contributed by atoms with Crippen LogP contribution in [0.2, 0.25) is 0 Å². The number of aromatic nitrogens is 2. The Hall–Kier alpha value is -0.680. The molecule has 0 saturated heterocycles. The molecule has 0 radical (unpaired) electrons. The van der Waals surface area contributed by atoms with Crippen molar-refractivity contribution >= 4 is 16.5 Å². The van der Waals surface area contributed by atoms with Gasteiger partial charge in [-0.2, -0.15) is 0 Å². The zero-order chi connectivity index (χ0) is 11.5. The van der Waals surface area contributed by atoms with Crippen molar-refractivity contribution in [2.24, 2.45) is 11.8 Å². The summed E-state index contributed by atoms with van der Waals surface area (Å²) >= 11 is 1.23. The van der Waals surface area contributed by atoms with E-state index in [1.165, 1.54) is 18.0 Å². The molecule has 3 unspecified atom stereocenters. The smallest absolute Gasteiger partial charge is 0.133 e. The van der Waals surface area contributed by atoms with Crippen molar-refractivity contribution in [3.05, 3.63) is 5.69 Å². The van der Waals surface area contributed by atoms with Gasteiger partial charge in [-0.1, -0.05) is 18.3 Å². The van der Waals surface area contributed by atoms with Gasteiger partial charge in [-0.3, -0.25) is 0 Å². The summed E-state index contributed by atoms with van der Waals surface area (Å²) < 4.78 is 9.65. The Morgan fingerprint density at radius 1 is 1.38 bits per heavy atom. The van der Waals surface area contributed by atoms with E-state index in [1.807, 2.05) is 0 Å². The minimum Gasteiger partial charge on any atom is -0.388 e. The van der Waals surface area contributed by atoms with Crippen LogP contribution in [-0.4, -0.2) is 15.7 Å². The zero-order valence-electron chi connectivity index (χ0n) is 9.85. The first-order valence-electron chi connectivity index (χ1n) is 5.85. The second-order valence-corrected chi connectivity index (χ2v) is 5.57. The standard InChI is InChI=1S/C11H19N3OS/c1-7-3-4-9(5-8(7)2)15-6-10-11(12)16-14-13-10/h7-9H,3-6,12H2,1-2H3. The van der Waals surface area contributed by atoms with Crippen LogP contribution in [-0.2, 0) is 11.3 Å². The topological polar surface area (TPSA) is 61.0 Å². The maximum atomic E-state index is 5.85. The van der Waals surface area contributed by atoms with E-state index in [1.54, 1.807) is 0 Å². The summed E-state index contributed by atoms with van der Waals surface area (Å²) in [5.74, 6) is 1.58. The lowest BCUT2D eigenvalue weighted by Gasteiger charge is -2.31. The van der Waals surface area contributed by atoms with E-state index in [2.05, 4.69) is 23.4 Å². The van der Waals surface area contributed by atoms with Gasteiger partial charge < -0.3 is 10.5 Å². The van der Waals surface area contributed by atoms with Gasteiger partial charge in [0.2, 0.25) is 0 Å². The van der Waals surface area contributed by atoms with Crippen LogP contribution in [0, 0.1) is 11.8 Å². The number of hydrogen-bond acceptors (Lipinski definition) is 5. The molecule has 2 N–H and O–H groups in total. The van der Waals surface area contributed by atoms with Crippen molar-refractivity contribution in [1.29, 1.82) is 0 Å². The summed E-state index contributed by atoms with van der Waals surface area (Å²) in [6.45, 7) is 5.14. The third-order valence-electron chi connectivity index (χ3n) is 3.59. The molecular weight excluding hydrogens is 222 g/mol. The maximum Gasteiger partial charge on any atom is 0.133 e. The van der Waals surface area contributed by atoms with Crippen molar-refractivity contribution < 1.29 is 4.74 Å². The lowest BCUT2D eigenvalue weighted by atomic mass is 9.80. The fourth-order valence-corrected chi connectivity index (χ4v) is 2.59. The Labute approximate surface area is 100 Å². The van der Waals surface area contributed by atoms with Gasteiger partial charge in [0.15, 0.2) is 0 Å². The van der Waals surface area contributed by atoms with Gasteiger partial charge in [0.25, 0.3) is 0 Å². The number of nitrogens with two attached hydrogens (primary N) is 1. The van der Waals surface area contributed by atoms with Crippen LogP contribution >= 0.6 is 11.5 Å². The highest BCUT2D eigenvalue weighted by Gasteiger charge is 2.25. The van der Waals surface area contributed by atoms with Crippen LogP contribution in [0.15, 0.2) is 0 Å². The summed E-state index contributed by atoms with van der Waals surface area (Å²) in [5.41, 5.74) is 6.51. The highest BCUT2D eigenvalue weighted by atomic mass is 32.1. The van der Waals surface area contributed by atoms with Gasteiger partial charge in [0.05, 0.1) is 12.7 Å². The zero-order valence-corrected chi connectivity index (χ0v) is 10.7. The average molecular weight is 241 g/mol. The van der Waals surface area contributed by atoms with Crippen LogP contribution < -0.4 is 5.73 Å². The largest absolute Gasteiger partial charge is 0.388 e. The van der Waals surface area contributed by atoms with E-state index in [4.69, 9.17) is 10.5 Å². The van der Waals surface area contributed by atoms with E-state index in [9.17, 15) is 0 Å². The van der Waals surface area contributed by atoms with Crippen LogP contribution in [0.1, 0.15) is 38.8 Å². The molecule has 1 aromatic rings. The molecule has 5 heteroatoms. The highest BCUT2D eigenvalue weighted by Crippen LogP contribution is 2.31. The normalized spacial score (nSPS) is 30.5. The minimum atomic E-state index is 0.368. The van der Waals surface area contributed by atoms with Gasteiger partial charge >= 0.3 is 0 Å². The molecule has 0 spiro atoms. The molecule has 1 fully saturated rings. The Morgan fingerprint density at radius 3 is 2.81 bits per heavy atom. The van der Waals surface area contributed by atoms with Gasteiger partial charge in [-0.25, -0.2) is 0 Å². The summed E-state index contributed by atoms with van der Waals surface area (Å²) in [5, 5.41) is 4.63. The quantitative estimate of drug-likeness (QED) is 0.883. The van der Waals surface area contributed by atoms with E-state index in [0.29, 0.717) is 17.7 Å². The number of rotatable bonds is 3.